The zero-order chi connectivity index (χ0) is 11.6. The van der Waals surface area contributed by atoms with Crippen molar-refractivity contribution in [1.82, 2.24) is 4.90 Å². The van der Waals surface area contributed by atoms with Gasteiger partial charge >= 0.3 is 6.09 Å². The Morgan fingerprint density at radius 2 is 2.07 bits per heavy atom. The fraction of sp³-hybridized carbons (Fsp3) is 0.900. The average molecular weight is 217 g/mol. The van der Waals surface area contributed by atoms with Crippen molar-refractivity contribution in [3.8, 4) is 0 Å². The highest BCUT2D eigenvalue weighted by Gasteiger charge is 2.30. The van der Waals surface area contributed by atoms with Gasteiger partial charge in [-0.1, -0.05) is 0 Å². The van der Waals surface area contributed by atoms with Crippen LogP contribution in [-0.4, -0.2) is 47.2 Å². The minimum absolute atomic E-state index is 0.165. The molecule has 0 unspecified atom stereocenters. The summed E-state index contributed by atoms with van der Waals surface area (Å²) in [7, 11) is 0. The first-order valence-electron chi connectivity index (χ1n) is 5.09. The van der Waals surface area contributed by atoms with Crippen LogP contribution in [0.15, 0.2) is 0 Å². The van der Waals surface area contributed by atoms with Crippen LogP contribution in [0, 0.1) is 0 Å². The number of aliphatic hydroxyl groups is 1. The van der Waals surface area contributed by atoms with Crippen LogP contribution in [-0.2, 0) is 9.47 Å². The number of nitrogens with zero attached hydrogens (tertiary/aromatic N) is 1. The molecule has 88 valence electrons. The molecule has 0 spiro atoms. The van der Waals surface area contributed by atoms with Crippen LogP contribution < -0.4 is 0 Å². The third-order valence-corrected chi connectivity index (χ3v) is 1.90. The summed E-state index contributed by atoms with van der Waals surface area (Å²) in [6.07, 6.45) is -1.49. The lowest BCUT2D eigenvalue weighted by Crippen LogP contribution is -2.50. The van der Waals surface area contributed by atoms with E-state index in [0.717, 1.165) is 0 Å². The lowest BCUT2D eigenvalue weighted by Gasteiger charge is -2.35. The summed E-state index contributed by atoms with van der Waals surface area (Å²) in [5.41, 5.74) is -0.510. The van der Waals surface area contributed by atoms with Crippen molar-refractivity contribution in [3.63, 3.8) is 0 Å². The third kappa shape index (κ3) is 4.05. The van der Waals surface area contributed by atoms with Gasteiger partial charge in [0.15, 0.2) is 6.29 Å². The van der Waals surface area contributed by atoms with E-state index in [1.807, 2.05) is 20.8 Å². The number of carbonyl (C=O) groups excluding carboxylic acids is 1. The molecule has 0 aromatic carbocycles. The summed E-state index contributed by atoms with van der Waals surface area (Å²) in [6, 6.07) is 0. The van der Waals surface area contributed by atoms with E-state index in [4.69, 9.17) is 9.47 Å². The molecule has 0 aromatic heterocycles. The Kier molecular flexibility index (Phi) is 3.57. The number of β-amino-alcohol motifs (C(OH)–C–C–N with tert-alkyl or cyclic N) is 1. The molecule has 2 atom stereocenters. The van der Waals surface area contributed by atoms with Crippen LogP contribution in [0.5, 0.6) is 0 Å². The molecule has 0 aliphatic carbocycles. The molecule has 1 saturated heterocycles. The van der Waals surface area contributed by atoms with Crippen molar-refractivity contribution in [2.45, 2.75) is 45.7 Å². The molecule has 5 nitrogen and oxygen atoms in total. The second kappa shape index (κ2) is 4.37. The predicted molar refractivity (Wildman–Crippen MR) is 54.4 cm³/mol. The number of hydrogen-bond donors (Lipinski definition) is 1. The van der Waals surface area contributed by atoms with E-state index in [1.54, 1.807) is 6.92 Å². The zero-order valence-corrected chi connectivity index (χ0v) is 9.69. The minimum atomic E-state index is -0.915. The number of amides is 1. The van der Waals surface area contributed by atoms with Gasteiger partial charge in [-0.05, 0) is 27.7 Å². The van der Waals surface area contributed by atoms with Crippen molar-refractivity contribution in [2.75, 3.05) is 13.1 Å². The Morgan fingerprint density at radius 3 is 2.53 bits per heavy atom. The van der Waals surface area contributed by atoms with E-state index < -0.39 is 18.0 Å². The highest BCUT2D eigenvalue weighted by atomic mass is 16.6. The lowest BCUT2D eigenvalue weighted by molar-refractivity contribution is -0.174. The lowest BCUT2D eigenvalue weighted by atomic mass is 10.2. The molecule has 1 rings (SSSR count). The molecule has 1 fully saturated rings. The van der Waals surface area contributed by atoms with E-state index in [0.29, 0.717) is 6.54 Å². The Balaban J connectivity index is 2.52. The van der Waals surface area contributed by atoms with E-state index >= 15 is 0 Å². The van der Waals surface area contributed by atoms with Crippen LogP contribution in [0.2, 0.25) is 0 Å². The molecular weight excluding hydrogens is 198 g/mol. The van der Waals surface area contributed by atoms with E-state index in [1.165, 1.54) is 4.90 Å². The van der Waals surface area contributed by atoms with Gasteiger partial charge in [0.2, 0.25) is 0 Å². The van der Waals surface area contributed by atoms with Crippen LogP contribution in [0.1, 0.15) is 27.7 Å². The van der Waals surface area contributed by atoms with Crippen LogP contribution in [0.4, 0.5) is 4.79 Å². The van der Waals surface area contributed by atoms with E-state index in [9.17, 15) is 9.90 Å². The number of aliphatic hydroxyl groups excluding tert-OH is 1. The molecule has 1 N–H and O–H groups in total. The number of morpholine rings is 1. The van der Waals surface area contributed by atoms with E-state index in [-0.39, 0.29) is 12.6 Å². The van der Waals surface area contributed by atoms with E-state index in [2.05, 4.69) is 0 Å². The van der Waals surface area contributed by atoms with Gasteiger partial charge in [0.25, 0.3) is 0 Å². The molecule has 1 aliphatic heterocycles. The van der Waals surface area contributed by atoms with Crippen molar-refractivity contribution >= 4 is 6.09 Å². The molecule has 0 saturated carbocycles. The largest absolute Gasteiger partial charge is 0.444 e. The standard InChI is InChI=1S/C10H19NO4/c1-7-5-11(6-8(12)14-7)9(13)15-10(2,3)4/h7-8,12H,5-6H2,1-4H3/t7-,8-/m1/s1. The summed E-state index contributed by atoms with van der Waals surface area (Å²) in [5, 5.41) is 9.33. The average Bonchev–Trinajstić information content (AvgIpc) is 1.98. The van der Waals surface area contributed by atoms with Gasteiger partial charge in [0.05, 0.1) is 19.2 Å². The molecule has 0 bridgehead atoms. The van der Waals surface area contributed by atoms with Gasteiger partial charge in [0.1, 0.15) is 5.60 Å². The smallest absolute Gasteiger partial charge is 0.410 e. The monoisotopic (exact) mass is 217 g/mol. The number of hydrogen-bond acceptors (Lipinski definition) is 4. The normalized spacial score (nSPS) is 27.7. The number of rotatable bonds is 0. The van der Waals surface area contributed by atoms with Gasteiger partial charge < -0.3 is 19.5 Å². The highest BCUT2D eigenvalue weighted by molar-refractivity contribution is 5.68. The SMILES string of the molecule is C[C@@H]1CN(C(=O)OC(C)(C)C)C[C@H](O)O1. The second-order valence-corrected chi connectivity index (χ2v) is 4.79. The Bertz CT molecular complexity index is 226. The molecule has 1 heterocycles. The summed E-state index contributed by atoms with van der Waals surface area (Å²) in [4.78, 5) is 13.1. The quantitative estimate of drug-likeness (QED) is 0.656. The first-order valence-corrected chi connectivity index (χ1v) is 5.09. The maximum absolute atomic E-state index is 11.6. The molecule has 15 heavy (non-hydrogen) atoms. The van der Waals surface area contributed by atoms with Crippen molar-refractivity contribution < 1.29 is 19.4 Å². The fourth-order valence-corrected chi connectivity index (χ4v) is 1.40. The molecular formula is C10H19NO4. The van der Waals surface area contributed by atoms with Crippen molar-refractivity contribution in [1.29, 1.82) is 0 Å². The number of ether oxygens (including phenoxy) is 2. The van der Waals surface area contributed by atoms with Crippen molar-refractivity contribution in [2.24, 2.45) is 0 Å². The van der Waals surface area contributed by atoms with Gasteiger partial charge in [-0.3, -0.25) is 0 Å². The Labute approximate surface area is 90.0 Å². The van der Waals surface area contributed by atoms with Gasteiger partial charge in [-0.15, -0.1) is 0 Å². The first kappa shape index (κ1) is 12.3. The molecule has 1 amide bonds. The van der Waals surface area contributed by atoms with Gasteiger partial charge in [0, 0.05) is 0 Å². The maximum atomic E-state index is 11.6. The second-order valence-electron chi connectivity index (χ2n) is 4.79. The topological polar surface area (TPSA) is 59.0 Å². The van der Waals surface area contributed by atoms with Crippen LogP contribution in [0.25, 0.3) is 0 Å². The summed E-state index contributed by atoms with van der Waals surface area (Å²) < 4.78 is 10.3. The highest BCUT2D eigenvalue weighted by Crippen LogP contribution is 2.14. The zero-order valence-electron chi connectivity index (χ0n) is 9.69. The predicted octanol–water partition coefficient (Wildman–Crippen LogP) is 0.961. The third-order valence-electron chi connectivity index (χ3n) is 1.90. The van der Waals surface area contributed by atoms with Gasteiger partial charge in [-0.2, -0.15) is 0 Å². The Hall–Kier alpha value is -0.810. The van der Waals surface area contributed by atoms with Crippen LogP contribution >= 0.6 is 0 Å². The van der Waals surface area contributed by atoms with Gasteiger partial charge in [-0.25, -0.2) is 4.79 Å². The van der Waals surface area contributed by atoms with Crippen LogP contribution in [0.3, 0.4) is 0 Å². The molecule has 0 radical (unpaired) electrons. The summed E-state index contributed by atoms with van der Waals surface area (Å²) in [5.74, 6) is 0. The first-order chi connectivity index (χ1) is 6.78. The molecule has 1 aliphatic rings. The number of carbonyl (C=O) groups is 1. The molecule has 0 aromatic rings. The summed E-state index contributed by atoms with van der Waals surface area (Å²) >= 11 is 0. The fourth-order valence-electron chi connectivity index (χ4n) is 1.40. The van der Waals surface area contributed by atoms with Crippen molar-refractivity contribution in [3.05, 3.63) is 0 Å². The summed E-state index contributed by atoms with van der Waals surface area (Å²) in [6.45, 7) is 7.85. The minimum Gasteiger partial charge on any atom is -0.444 e. The Morgan fingerprint density at radius 1 is 1.47 bits per heavy atom. The molecule has 5 heteroatoms. The maximum Gasteiger partial charge on any atom is 0.410 e.